The summed E-state index contributed by atoms with van der Waals surface area (Å²) in [6.07, 6.45) is 4.56. The molecule has 0 bridgehead atoms. The zero-order chi connectivity index (χ0) is 10.9. The molecule has 0 heterocycles. The van der Waals surface area contributed by atoms with Crippen LogP contribution in [0.2, 0.25) is 0 Å². The summed E-state index contributed by atoms with van der Waals surface area (Å²) < 4.78 is 0. The van der Waals surface area contributed by atoms with Crippen molar-refractivity contribution < 1.29 is 0 Å². The van der Waals surface area contributed by atoms with Crippen molar-refractivity contribution in [2.24, 2.45) is 29.4 Å². The van der Waals surface area contributed by atoms with Crippen LogP contribution in [-0.2, 0) is 0 Å². The molecule has 0 amide bonds. The van der Waals surface area contributed by atoms with Gasteiger partial charge in [0.1, 0.15) is 0 Å². The zero-order valence-corrected chi connectivity index (χ0v) is 10.1. The highest BCUT2D eigenvalue weighted by Crippen LogP contribution is 2.44. The summed E-state index contributed by atoms with van der Waals surface area (Å²) in [7, 11) is 0. The van der Waals surface area contributed by atoms with E-state index in [1.54, 1.807) is 0 Å². The molecule has 1 aliphatic rings. The second kappa shape index (κ2) is 4.06. The molecule has 0 radical (unpaired) electrons. The Morgan fingerprint density at radius 1 is 1.50 bits per heavy atom. The van der Waals surface area contributed by atoms with Gasteiger partial charge in [-0.3, -0.25) is 0 Å². The van der Waals surface area contributed by atoms with E-state index in [-0.39, 0.29) is 5.54 Å². The van der Waals surface area contributed by atoms with Crippen LogP contribution in [0.15, 0.2) is 12.7 Å². The Labute approximate surface area is 88.8 Å². The Bertz CT molecular complexity index is 207. The van der Waals surface area contributed by atoms with Crippen LogP contribution in [0.1, 0.15) is 40.5 Å². The highest BCUT2D eigenvalue weighted by molar-refractivity contribution is 5.04. The summed E-state index contributed by atoms with van der Waals surface area (Å²) in [4.78, 5) is 0. The average Bonchev–Trinajstić information content (AvgIpc) is 2.13. The van der Waals surface area contributed by atoms with Gasteiger partial charge in [-0.2, -0.15) is 0 Å². The van der Waals surface area contributed by atoms with Gasteiger partial charge in [-0.1, -0.05) is 33.3 Å². The van der Waals surface area contributed by atoms with Crippen molar-refractivity contribution in [1.29, 1.82) is 0 Å². The van der Waals surface area contributed by atoms with Gasteiger partial charge in [-0.15, -0.1) is 6.58 Å². The van der Waals surface area contributed by atoms with Crippen molar-refractivity contribution in [2.75, 3.05) is 0 Å². The molecule has 1 saturated carbocycles. The molecule has 5 atom stereocenters. The minimum absolute atomic E-state index is 0.0138. The van der Waals surface area contributed by atoms with Gasteiger partial charge in [0.2, 0.25) is 0 Å². The normalized spacial score (nSPS) is 48.9. The van der Waals surface area contributed by atoms with Crippen LogP contribution in [0.4, 0.5) is 0 Å². The molecule has 0 aromatic rings. The van der Waals surface area contributed by atoms with Crippen molar-refractivity contribution in [3.63, 3.8) is 0 Å². The van der Waals surface area contributed by atoms with E-state index < -0.39 is 0 Å². The van der Waals surface area contributed by atoms with Gasteiger partial charge in [-0.05, 0) is 37.0 Å². The Morgan fingerprint density at radius 3 is 2.50 bits per heavy atom. The predicted molar refractivity (Wildman–Crippen MR) is 63.0 cm³/mol. The summed E-state index contributed by atoms with van der Waals surface area (Å²) in [6.45, 7) is 13.0. The molecule has 1 heteroatoms. The number of nitrogens with two attached hydrogens (primary N) is 1. The molecule has 5 unspecified atom stereocenters. The van der Waals surface area contributed by atoms with Gasteiger partial charge < -0.3 is 5.73 Å². The molecule has 0 aromatic carbocycles. The lowest BCUT2D eigenvalue weighted by molar-refractivity contribution is 0.0608. The fourth-order valence-electron chi connectivity index (χ4n) is 3.18. The van der Waals surface area contributed by atoms with E-state index in [0.717, 1.165) is 5.92 Å². The fraction of sp³-hybridized carbons (Fsp3) is 0.846. The van der Waals surface area contributed by atoms with Crippen LogP contribution in [0.5, 0.6) is 0 Å². The van der Waals surface area contributed by atoms with Crippen LogP contribution in [0.25, 0.3) is 0 Å². The van der Waals surface area contributed by atoms with Crippen LogP contribution in [0, 0.1) is 23.7 Å². The largest absolute Gasteiger partial charge is 0.325 e. The van der Waals surface area contributed by atoms with Crippen molar-refractivity contribution in [2.45, 2.75) is 46.1 Å². The molecule has 1 nitrogen and oxygen atoms in total. The molecule has 0 aromatic heterocycles. The molecule has 1 fully saturated rings. The Morgan fingerprint density at radius 2 is 2.07 bits per heavy atom. The SMILES string of the molecule is C=CC1C(C)CC(CC)C(C)(N)C1C. The van der Waals surface area contributed by atoms with Crippen molar-refractivity contribution >= 4 is 0 Å². The summed E-state index contributed by atoms with van der Waals surface area (Å²) in [5.74, 6) is 2.55. The minimum atomic E-state index is -0.0138. The smallest absolute Gasteiger partial charge is 0.0185 e. The standard InChI is InChI=1S/C13H25N/c1-6-11-8-9(3)12(7-2)10(4)13(11,5)14/h7,9-12H,2,6,8,14H2,1,3-5H3. The molecule has 1 aliphatic carbocycles. The van der Waals surface area contributed by atoms with E-state index in [9.17, 15) is 0 Å². The molecule has 14 heavy (non-hydrogen) atoms. The second-order valence-corrected chi connectivity index (χ2v) is 5.29. The topological polar surface area (TPSA) is 26.0 Å². The van der Waals surface area contributed by atoms with Crippen LogP contribution in [-0.4, -0.2) is 5.54 Å². The molecule has 0 spiro atoms. The van der Waals surface area contributed by atoms with E-state index in [2.05, 4.69) is 40.3 Å². The first-order valence-corrected chi connectivity index (χ1v) is 5.86. The third-order valence-electron chi connectivity index (χ3n) is 4.52. The van der Waals surface area contributed by atoms with Crippen LogP contribution >= 0.6 is 0 Å². The first-order valence-electron chi connectivity index (χ1n) is 5.86. The van der Waals surface area contributed by atoms with Crippen molar-refractivity contribution in [3.8, 4) is 0 Å². The summed E-state index contributed by atoms with van der Waals surface area (Å²) >= 11 is 0. The van der Waals surface area contributed by atoms with Crippen LogP contribution < -0.4 is 5.73 Å². The Balaban J connectivity index is 2.89. The van der Waals surface area contributed by atoms with E-state index in [0.29, 0.717) is 17.8 Å². The number of allylic oxidation sites excluding steroid dienone is 1. The Kier molecular flexibility index (Phi) is 3.41. The van der Waals surface area contributed by atoms with Gasteiger partial charge in [0.15, 0.2) is 0 Å². The first kappa shape index (κ1) is 11.8. The number of hydrogen-bond acceptors (Lipinski definition) is 1. The van der Waals surface area contributed by atoms with E-state index >= 15 is 0 Å². The maximum atomic E-state index is 6.46. The van der Waals surface area contributed by atoms with Crippen LogP contribution in [0.3, 0.4) is 0 Å². The van der Waals surface area contributed by atoms with Gasteiger partial charge in [0, 0.05) is 5.54 Å². The maximum absolute atomic E-state index is 6.46. The highest BCUT2D eigenvalue weighted by Gasteiger charge is 2.44. The lowest BCUT2D eigenvalue weighted by atomic mass is 9.59. The predicted octanol–water partition coefficient (Wildman–Crippen LogP) is 3.21. The quantitative estimate of drug-likeness (QED) is 0.673. The van der Waals surface area contributed by atoms with Crippen molar-refractivity contribution in [3.05, 3.63) is 12.7 Å². The summed E-state index contributed by atoms with van der Waals surface area (Å²) in [5, 5.41) is 0. The zero-order valence-electron chi connectivity index (χ0n) is 10.1. The molecule has 82 valence electrons. The first-order chi connectivity index (χ1) is 6.45. The third-order valence-corrected chi connectivity index (χ3v) is 4.52. The second-order valence-electron chi connectivity index (χ2n) is 5.29. The number of rotatable bonds is 2. The lowest BCUT2D eigenvalue weighted by Gasteiger charge is -2.49. The fourth-order valence-corrected chi connectivity index (χ4v) is 3.18. The van der Waals surface area contributed by atoms with Gasteiger partial charge in [0.05, 0.1) is 0 Å². The summed E-state index contributed by atoms with van der Waals surface area (Å²) in [5.41, 5.74) is 6.44. The van der Waals surface area contributed by atoms with Gasteiger partial charge >= 0.3 is 0 Å². The maximum Gasteiger partial charge on any atom is 0.0185 e. The molecule has 2 N–H and O–H groups in total. The monoisotopic (exact) mass is 195 g/mol. The van der Waals surface area contributed by atoms with E-state index in [1.165, 1.54) is 12.8 Å². The molecular formula is C13H25N. The number of hydrogen-bond donors (Lipinski definition) is 1. The lowest BCUT2D eigenvalue weighted by Crippen LogP contribution is -2.56. The molecule has 0 saturated heterocycles. The van der Waals surface area contributed by atoms with E-state index in [1.807, 2.05) is 0 Å². The molecule has 0 aliphatic heterocycles. The Hall–Kier alpha value is -0.300. The minimum Gasteiger partial charge on any atom is -0.325 e. The molecular weight excluding hydrogens is 170 g/mol. The van der Waals surface area contributed by atoms with E-state index in [4.69, 9.17) is 5.73 Å². The average molecular weight is 195 g/mol. The van der Waals surface area contributed by atoms with Gasteiger partial charge in [0.25, 0.3) is 0 Å². The van der Waals surface area contributed by atoms with Gasteiger partial charge in [-0.25, -0.2) is 0 Å². The highest BCUT2D eigenvalue weighted by atomic mass is 14.8. The van der Waals surface area contributed by atoms with Crippen molar-refractivity contribution in [1.82, 2.24) is 0 Å². The molecule has 1 rings (SSSR count). The third kappa shape index (κ3) is 1.75. The summed E-state index contributed by atoms with van der Waals surface area (Å²) in [6, 6.07) is 0.